The van der Waals surface area contributed by atoms with Crippen LogP contribution in [0.4, 0.5) is 4.39 Å². The molecular weight excluding hydrogens is 511 g/mol. The normalized spacial score (nSPS) is 20.0. The Hall–Kier alpha value is -2.81. The number of fused-ring (bicyclic) bond motifs is 2. The minimum absolute atomic E-state index is 0.0426. The molecular formula is C31H39FN4O2S. The molecule has 6 nitrogen and oxygen atoms in total. The van der Waals surface area contributed by atoms with Crippen molar-refractivity contribution in [2.75, 3.05) is 32.7 Å². The van der Waals surface area contributed by atoms with Crippen molar-refractivity contribution in [3.63, 3.8) is 0 Å². The molecule has 1 fully saturated rings. The number of hydrogen-bond acceptors (Lipinski definition) is 4. The molecule has 2 aliphatic rings. The van der Waals surface area contributed by atoms with Gasteiger partial charge in [-0.05, 0) is 84.9 Å². The Morgan fingerprint density at radius 3 is 2.31 bits per heavy atom. The Kier molecular flexibility index (Phi) is 7.33. The summed E-state index contributed by atoms with van der Waals surface area (Å²) in [5, 5.41) is 4.65. The number of aromatic nitrogens is 2. The van der Waals surface area contributed by atoms with Gasteiger partial charge in [-0.3, -0.25) is 0 Å². The maximum absolute atomic E-state index is 13.9. The molecule has 1 unspecified atom stereocenters. The van der Waals surface area contributed by atoms with E-state index in [9.17, 15) is 12.8 Å². The molecule has 2 aromatic carbocycles. The predicted octanol–water partition coefficient (Wildman–Crippen LogP) is 5.67. The van der Waals surface area contributed by atoms with Crippen molar-refractivity contribution in [1.82, 2.24) is 19.0 Å². The number of sulfonamides is 1. The van der Waals surface area contributed by atoms with E-state index < -0.39 is 10.0 Å². The predicted molar refractivity (Wildman–Crippen MR) is 154 cm³/mol. The Morgan fingerprint density at radius 1 is 1.03 bits per heavy atom. The number of nitrogens with zero attached hydrogens (tertiary/aromatic N) is 4. The van der Waals surface area contributed by atoms with Gasteiger partial charge < -0.3 is 4.90 Å². The van der Waals surface area contributed by atoms with Gasteiger partial charge in [-0.15, -0.1) is 0 Å². The summed E-state index contributed by atoms with van der Waals surface area (Å²) in [6.07, 6.45) is 5.46. The largest absolute Gasteiger partial charge is 0.303 e. The third-order valence-electron chi connectivity index (χ3n) is 8.37. The van der Waals surface area contributed by atoms with E-state index in [4.69, 9.17) is 0 Å². The first-order valence-corrected chi connectivity index (χ1v) is 15.3. The van der Waals surface area contributed by atoms with Gasteiger partial charge in [0, 0.05) is 25.0 Å². The first kappa shape index (κ1) is 27.7. The molecule has 0 amide bonds. The number of rotatable bonds is 7. The molecule has 39 heavy (non-hydrogen) atoms. The minimum atomic E-state index is -3.65. The van der Waals surface area contributed by atoms with E-state index in [0.29, 0.717) is 30.8 Å². The van der Waals surface area contributed by atoms with Gasteiger partial charge in [0.15, 0.2) is 0 Å². The van der Waals surface area contributed by atoms with Crippen molar-refractivity contribution in [1.29, 1.82) is 0 Å². The summed E-state index contributed by atoms with van der Waals surface area (Å²) < 4.78 is 44.9. The van der Waals surface area contributed by atoms with Crippen molar-refractivity contribution in [3.8, 4) is 5.69 Å². The molecule has 1 aromatic heterocycles. The quantitative estimate of drug-likeness (QED) is 0.380. The lowest BCUT2D eigenvalue weighted by atomic mass is 9.68. The summed E-state index contributed by atoms with van der Waals surface area (Å²) in [5.41, 5.74) is 4.89. The molecule has 208 valence electrons. The van der Waals surface area contributed by atoms with Crippen LogP contribution in [0, 0.1) is 11.2 Å². The molecule has 8 heteroatoms. The lowest BCUT2D eigenvalue weighted by molar-refractivity contribution is 0.137. The summed E-state index contributed by atoms with van der Waals surface area (Å²) in [6, 6.07) is 13.7. The van der Waals surface area contributed by atoms with Gasteiger partial charge in [0.05, 0.1) is 22.5 Å². The molecule has 1 aliphatic carbocycles. The van der Waals surface area contributed by atoms with E-state index in [-0.39, 0.29) is 16.6 Å². The number of hydrogen-bond donors (Lipinski definition) is 0. The van der Waals surface area contributed by atoms with Crippen LogP contribution in [0.2, 0.25) is 0 Å². The minimum Gasteiger partial charge on any atom is -0.303 e. The van der Waals surface area contributed by atoms with E-state index in [2.05, 4.69) is 50.7 Å². The smallest absolute Gasteiger partial charge is 0.243 e. The Morgan fingerprint density at radius 2 is 1.69 bits per heavy atom. The lowest BCUT2D eigenvalue weighted by Crippen LogP contribution is -2.54. The molecule has 5 rings (SSSR count). The van der Waals surface area contributed by atoms with Crippen LogP contribution in [0.5, 0.6) is 0 Å². The zero-order chi connectivity index (χ0) is 28.0. The molecule has 0 N–H and O–H groups in total. The van der Waals surface area contributed by atoms with Crippen LogP contribution < -0.4 is 0 Å². The molecule has 1 aliphatic heterocycles. The van der Waals surface area contributed by atoms with Crippen LogP contribution in [-0.2, 0) is 21.9 Å². The van der Waals surface area contributed by atoms with Crippen LogP contribution in [0.3, 0.4) is 0 Å². The van der Waals surface area contributed by atoms with Crippen molar-refractivity contribution < 1.29 is 12.8 Å². The molecule has 0 bridgehead atoms. The van der Waals surface area contributed by atoms with E-state index >= 15 is 0 Å². The summed E-state index contributed by atoms with van der Waals surface area (Å²) in [4.78, 5) is 2.74. The van der Waals surface area contributed by atoms with E-state index in [1.807, 2.05) is 23.0 Å². The Bertz CT molecular complexity index is 1470. The standard InChI is InChI=1S/C31H39FN4O2S/c1-6-34(7-2)21-31-19-23-20-33-36(27-12-10-26(32)11-13-27)29(23)18-25(31)16-17-35(22-31)39(37,38)28-14-8-24(9-15-28)30(3,4)5/h8-15,18,20H,6-7,16-17,19,21-22H2,1-5H3. The van der Waals surface area contributed by atoms with Gasteiger partial charge in [0.2, 0.25) is 10.0 Å². The van der Waals surface area contributed by atoms with Crippen molar-refractivity contribution >= 4 is 16.1 Å². The van der Waals surface area contributed by atoms with Crippen LogP contribution in [0.15, 0.2) is 65.2 Å². The van der Waals surface area contributed by atoms with E-state index in [1.54, 1.807) is 28.6 Å². The van der Waals surface area contributed by atoms with Crippen molar-refractivity contribution in [2.24, 2.45) is 5.41 Å². The van der Waals surface area contributed by atoms with Crippen LogP contribution in [-0.4, -0.2) is 60.1 Å². The van der Waals surface area contributed by atoms with Crippen LogP contribution >= 0.6 is 0 Å². The van der Waals surface area contributed by atoms with Crippen LogP contribution in [0.1, 0.15) is 57.9 Å². The van der Waals surface area contributed by atoms with Gasteiger partial charge in [-0.2, -0.15) is 9.40 Å². The highest BCUT2D eigenvalue weighted by Gasteiger charge is 2.46. The van der Waals surface area contributed by atoms with Gasteiger partial charge >= 0.3 is 0 Å². The number of piperidine rings is 1. The monoisotopic (exact) mass is 550 g/mol. The Labute approximate surface area is 232 Å². The molecule has 2 heterocycles. The fraction of sp³-hybridized carbons (Fsp3) is 0.452. The highest BCUT2D eigenvalue weighted by Crippen LogP contribution is 2.46. The zero-order valence-corrected chi connectivity index (χ0v) is 24.4. The van der Waals surface area contributed by atoms with Crippen molar-refractivity contribution in [2.45, 2.75) is 57.8 Å². The molecule has 0 spiro atoms. The summed E-state index contributed by atoms with van der Waals surface area (Å²) >= 11 is 0. The van der Waals surface area contributed by atoms with Gasteiger partial charge in [0.1, 0.15) is 5.82 Å². The van der Waals surface area contributed by atoms with Crippen LogP contribution in [0.25, 0.3) is 11.8 Å². The van der Waals surface area contributed by atoms with Gasteiger partial charge in [-0.1, -0.05) is 52.3 Å². The first-order chi connectivity index (χ1) is 18.5. The van der Waals surface area contributed by atoms with Gasteiger partial charge in [-0.25, -0.2) is 17.5 Å². The van der Waals surface area contributed by atoms with E-state index in [0.717, 1.165) is 42.1 Å². The lowest BCUT2D eigenvalue weighted by Gasteiger charge is -2.48. The molecule has 1 atom stereocenters. The third-order valence-corrected chi connectivity index (χ3v) is 10.2. The molecule has 0 saturated carbocycles. The summed E-state index contributed by atoms with van der Waals surface area (Å²) in [7, 11) is -3.65. The average Bonchev–Trinajstić information content (AvgIpc) is 3.32. The summed E-state index contributed by atoms with van der Waals surface area (Å²) in [6.45, 7) is 14.1. The maximum Gasteiger partial charge on any atom is 0.243 e. The summed E-state index contributed by atoms with van der Waals surface area (Å²) in [5.74, 6) is -0.280. The second-order valence-electron chi connectivity index (χ2n) is 11.9. The fourth-order valence-corrected chi connectivity index (χ4v) is 7.51. The highest BCUT2D eigenvalue weighted by molar-refractivity contribution is 7.89. The SMILES string of the molecule is CCN(CC)CC12Cc3cnn(-c4ccc(F)cc4)c3C=C1CCN(S(=O)(=O)c1ccc(C(C)(C)C)cc1)C2. The number of halogens is 1. The van der Waals surface area contributed by atoms with Crippen molar-refractivity contribution in [3.05, 3.63) is 82.9 Å². The number of benzene rings is 2. The average molecular weight is 551 g/mol. The topological polar surface area (TPSA) is 58.4 Å². The second kappa shape index (κ2) is 10.3. The van der Waals surface area contributed by atoms with E-state index in [1.165, 1.54) is 17.7 Å². The zero-order valence-electron chi connectivity index (χ0n) is 23.6. The molecule has 1 saturated heterocycles. The highest BCUT2D eigenvalue weighted by atomic mass is 32.2. The van der Waals surface area contributed by atoms with Gasteiger partial charge in [0.25, 0.3) is 0 Å². The second-order valence-corrected chi connectivity index (χ2v) is 13.8. The fourth-order valence-electron chi connectivity index (χ4n) is 5.99. The molecule has 3 aromatic rings. The Balaban J connectivity index is 1.51. The maximum atomic E-state index is 13.9. The molecule has 0 radical (unpaired) electrons. The third kappa shape index (κ3) is 5.22. The first-order valence-electron chi connectivity index (χ1n) is 13.8.